The van der Waals surface area contributed by atoms with Crippen molar-refractivity contribution >= 4 is 17.7 Å². The number of nitrogens with one attached hydrogen (secondary N) is 1. The highest BCUT2D eigenvalue weighted by Crippen LogP contribution is 2.17. The zero-order chi connectivity index (χ0) is 20.8. The van der Waals surface area contributed by atoms with E-state index in [0.717, 1.165) is 17.5 Å². The molecule has 3 aromatic carbocycles. The van der Waals surface area contributed by atoms with Crippen molar-refractivity contribution in [1.82, 2.24) is 0 Å². The van der Waals surface area contributed by atoms with Crippen LogP contribution in [0.2, 0.25) is 0 Å². The predicted molar refractivity (Wildman–Crippen MR) is 119 cm³/mol. The maximum Gasteiger partial charge on any atom is 0.266 e. The van der Waals surface area contributed by atoms with Gasteiger partial charge in [0.05, 0.1) is 0 Å². The molecule has 0 aromatic heterocycles. The second-order valence-electron chi connectivity index (χ2n) is 7.35. The quantitative estimate of drug-likeness (QED) is 0.453. The fourth-order valence-corrected chi connectivity index (χ4v) is 3.36. The Morgan fingerprint density at radius 1 is 0.931 bits per heavy atom. The Kier molecular flexibility index (Phi) is 6.26. The Morgan fingerprint density at radius 2 is 1.59 bits per heavy atom. The molecule has 0 spiro atoms. The number of nitrogens with zero attached hydrogens (tertiary/aromatic N) is 1. The molecule has 144 valence electrons. The summed E-state index contributed by atoms with van der Waals surface area (Å²) in [6.07, 6.45) is 2.47. The van der Waals surface area contributed by atoms with Gasteiger partial charge in [-0.15, -0.1) is 0 Å². The van der Waals surface area contributed by atoms with Gasteiger partial charge in [-0.25, -0.2) is 0 Å². The highest BCUT2D eigenvalue weighted by atomic mass is 16.1. The summed E-state index contributed by atoms with van der Waals surface area (Å²) in [5, 5.41) is 12.2. The average Bonchev–Trinajstić information content (AvgIpc) is 2.68. The van der Waals surface area contributed by atoms with Crippen molar-refractivity contribution in [2.24, 2.45) is 0 Å². The second kappa shape index (κ2) is 9.03. The summed E-state index contributed by atoms with van der Waals surface area (Å²) < 4.78 is 0. The lowest BCUT2D eigenvalue weighted by Crippen LogP contribution is -2.14. The van der Waals surface area contributed by atoms with Crippen LogP contribution in [0.25, 0.3) is 6.08 Å². The lowest BCUT2D eigenvalue weighted by atomic mass is 9.99. The molecule has 0 radical (unpaired) electrons. The Morgan fingerprint density at radius 3 is 2.21 bits per heavy atom. The first kappa shape index (κ1) is 20.1. The maximum absolute atomic E-state index is 12.5. The van der Waals surface area contributed by atoms with E-state index in [2.05, 4.69) is 37.4 Å². The molecule has 3 heteroatoms. The predicted octanol–water partition coefficient (Wildman–Crippen LogP) is 5.75. The van der Waals surface area contributed by atoms with Gasteiger partial charge in [0.25, 0.3) is 5.91 Å². The van der Waals surface area contributed by atoms with Gasteiger partial charge in [0.15, 0.2) is 0 Å². The number of hydrogen-bond acceptors (Lipinski definition) is 2. The molecule has 0 fully saturated rings. The first-order valence-electron chi connectivity index (χ1n) is 9.59. The Balaban J connectivity index is 1.74. The number of anilines is 1. The number of carbonyl (C=O) groups is 1. The van der Waals surface area contributed by atoms with Gasteiger partial charge in [-0.05, 0) is 61.6 Å². The topological polar surface area (TPSA) is 52.9 Å². The Bertz CT molecular complexity index is 1080. The van der Waals surface area contributed by atoms with Gasteiger partial charge >= 0.3 is 0 Å². The third kappa shape index (κ3) is 5.43. The SMILES string of the molecule is Cc1cc(C)cc(Cc2ccc(/C=C(\C#N)C(=O)Nc3ccccc3C)cc2)c1. The van der Waals surface area contributed by atoms with Crippen molar-refractivity contribution in [1.29, 1.82) is 5.26 Å². The minimum Gasteiger partial charge on any atom is -0.321 e. The third-order valence-corrected chi connectivity index (χ3v) is 4.74. The third-order valence-electron chi connectivity index (χ3n) is 4.74. The highest BCUT2D eigenvalue weighted by molar-refractivity contribution is 6.09. The van der Waals surface area contributed by atoms with Gasteiger partial charge in [-0.2, -0.15) is 5.26 Å². The van der Waals surface area contributed by atoms with Gasteiger partial charge < -0.3 is 5.32 Å². The number of carbonyl (C=O) groups excluding carboxylic acids is 1. The van der Waals surface area contributed by atoms with Crippen LogP contribution >= 0.6 is 0 Å². The Hall–Kier alpha value is -3.64. The monoisotopic (exact) mass is 380 g/mol. The molecule has 1 N–H and O–H groups in total. The highest BCUT2D eigenvalue weighted by Gasteiger charge is 2.10. The van der Waals surface area contributed by atoms with Gasteiger partial charge in [-0.1, -0.05) is 71.8 Å². The van der Waals surface area contributed by atoms with Crippen molar-refractivity contribution in [3.63, 3.8) is 0 Å². The summed E-state index contributed by atoms with van der Waals surface area (Å²) in [5.74, 6) is -0.402. The summed E-state index contributed by atoms with van der Waals surface area (Å²) in [4.78, 5) is 12.5. The molecular formula is C26H24N2O. The van der Waals surface area contributed by atoms with E-state index in [4.69, 9.17) is 0 Å². The van der Waals surface area contributed by atoms with Crippen LogP contribution in [0, 0.1) is 32.1 Å². The fraction of sp³-hybridized carbons (Fsp3) is 0.154. The first-order chi connectivity index (χ1) is 13.9. The number of nitriles is 1. The molecule has 29 heavy (non-hydrogen) atoms. The second-order valence-corrected chi connectivity index (χ2v) is 7.35. The molecule has 0 saturated heterocycles. The maximum atomic E-state index is 12.5. The van der Waals surface area contributed by atoms with E-state index in [1.54, 1.807) is 6.08 Å². The first-order valence-corrected chi connectivity index (χ1v) is 9.59. The van der Waals surface area contributed by atoms with E-state index in [0.29, 0.717) is 5.69 Å². The summed E-state index contributed by atoms with van der Waals surface area (Å²) in [6.45, 7) is 6.13. The summed E-state index contributed by atoms with van der Waals surface area (Å²) in [5.41, 5.74) is 7.56. The van der Waals surface area contributed by atoms with Crippen molar-refractivity contribution < 1.29 is 4.79 Å². The van der Waals surface area contributed by atoms with Gasteiger partial charge in [0.2, 0.25) is 0 Å². The van der Waals surface area contributed by atoms with Crippen molar-refractivity contribution in [2.75, 3.05) is 5.32 Å². The summed E-state index contributed by atoms with van der Waals surface area (Å²) >= 11 is 0. The van der Waals surface area contributed by atoms with E-state index >= 15 is 0 Å². The molecule has 0 atom stereocenters. The molecule has 3 aromatic rings. The number of hydrogen-bond donors (Lipinski definition) is 1. The van der Waals surface area contributed by atoms with Crippen LogP contribution in [0.5, 0.6) is 0 Å². The van der Waals surface area contributed by atoms with Gasteiger partial charge in [0, 0.05) is 5.69 Å². The van der Waals surface area contributed by atoms with Gasteiger partial charge in [-0.3, -0.25) is 4.79 Å². The molecule has 3 nitrogen and oxygen atoms in total. The zero-order valence-electron chi connectivity index (χ0n) is 17.0. The lowest BCUT2D eigenvalue weighted by Gasteiger charge is -2.08. The standard InChI is InChI=1S/C26H24N2O/c1-18-12-19(2)14-23(13-18)15-21-8-10-22(11-9-21)16-24(17-27)26(29)28-25-7-5-4-6-20(25)3/h4-14,16H,15H2,1-3H3,(H,28,29)/b24-16+. The normalized spacial score (nSPS) is 11.0. The van der Waals surface area contributed by atoms with E-state index < -0.39 is 5.91 Å². The van der Waals surface area contributed by atoms with Crippen LogP contribution in [0.3, 0.4) is 0 Å². The molecular weight excluding hydrogens is 356 g/mol. The number of aryl methyl sites for hydroxylation is 3. The van der Waals surface area contributed by atoms with Crippen molar-refractivity contribution in [2.45, 2.75) is 27.2 Å². The average molecular weight is 380 g/mol. The number of rotatable bonds is 5. The fourth-order valence-electron chi connectivity index (χ4n) is 3.36. The van der Waals surface area contributed by atoms with Crippen molar-refractivity contribution in [3.05, 3.63) is 106 Å². The molecule has 0 bridgehead atoms. The molecule has 0 aliphatic rings. The largest absolute Gasteiger partial charge is 0.321 e. The van der Waals surface area contributed by atoms with Crippen LogP contribution in [-0.2, 0) is 11.2 Å². The zero-order valence-corrected chi connectivity index (χ0v) is 17.0. The molecule has 0 unspecified atom stereocenters. The molecule has 0 heterocycles. The smallest absolute Gasteiger partial charge is 0.266 e. The van der Waals surface area contributed by atoms with Crippen LogP contribution in [0.15, 0.2) is 72.3 Å². The molecule has 3 rings (SSSR count). The van der Waals surface area contributed by atoms with Crippen LogP contribution in [-0.4, -0.2) is 5.91 Å². The number of amides is 1. The lowest BCUT2D eigenvalue weighted by molar-refractivity contribution is -0.112. The Labute approximate surface area is 172 Å². The van der Waals surface area contributed by atoms with E-state index in [1.807, 2.05) is 61.5 Å². The van der Waals surface area contributed by atoms with Crippen LogP contribution < -0.4 is 5.32 Å². The molecule has 0 saturated carbocycles. The number of benzene rings is 3. The van der Waals surface area contributed by atoms with E-state index in [-0.39, 0.29) is 5.57 Å². The molecule has 0 aliphatic carbocycles. The van der Waals surface area contributed by atoms with E-state index in [1.165, 1.54) is 22.3 Å². The minimum atomic E-state index is -0.402. The van der Waals surface area contributed by atoms with Gasteiger partial charge in [0.1, 0.15) is 11.6 Å². The van der Waals surface area contributed by atoms with E-state index in [9.17, 15) is 10.1 Å². The number of para-hydroxylation sites is 1. The van der Waals surface area contributed by atoms with Crippen molar-refractivity contribution in [3.8, 4) is 6.07 Å². The summed E-state index contributed by atoms with van der Waals surface area (Å²) in [7, 11) is 0. The van der Waals surface area contributed by atoms with Crippen LogP contribution in [0.1, 0.15) is 33.4 Å². The summed E-state index contributed by atoms with van der Waals surface area (Å²) in [6, 6.07) is 24.0. The molecule has 1 amide bonds. The minimum absolute atomic E-state index is 0.0790. The molecule has 0 aliphatic heterocycles. The van der Waals surface area contributed by atoms with Crippen LogP contribution in [0.4, 0.5) is 5.69 Å².